The molecule has 0 aromatic heterocycles. The van der Waals surface area contributed by atoms with Crippen molar-refractivity contribution < 1.29 is 42.6 Å². The van der Waals surface area contributed by atoms with Crippen molar-refractivity contribution in [1.82, 2.24) is 20.4 Å². The Kier molecular flexibility index (Phi) is 13.4. The van der Waals surface area contributed by atoms with Gasteiger partial charge in [-0.25, -0.2) is 14.0 Å². The number of likely N-dealkylation sites (tertiary alicyclic amines) is 2. The average Bonchev–Trinajstić information content (AvgIpc) is 4.02. The minimum atomic E-state index is -1.47. The lowest BCUT2D eigenvalue weighted by Crippen LogP contribution is -2.61. The summed E-state index contributed by atoms with van der Waals surface area (Å²) in [6.07, 6.45) is 1.44. The number of alkyl carbamates (subject to hydrolysis) is 2. The summed E-state index contributed by atoms with van der Waals surface area (Å²) >= 11 is 0. The van der Waals surface area contributed by atoms with Gasteiger partial charge in [-0.05, 0) is 89.8 Å². The van der Waals surface area contributed by atoms with E-state index in [0.29, 0.717) is 55.3 Å². The summed E-state index contributed by atoms with van der Waals surface area (Å²) in [5.41, 5.74) is 11.5. The summed E-state index contributed by atoms with van der Waals surface area (Å²) in [5.74, 6) is -2.66. The number of methoxy groups -OCH3 is 2. The number of carbonyl (C=O) groups is 6. The minimum Gasteiger partial charge on any atom is -0.453 e. The molecular weight excluding hydrogens is 822 g/mol. The molecule has 0 spiro atoms. The van der Waals surface area contributed by atoms with E-state index in [2.05, 4.69) is 15.5 Å². The maximum atomic E-state index is 15.0. The number of anilines is 1. The van der Waals surface area contributed by atoms with Gasteiger partial charge in [0.25, 0.3) is 0 Å². The van der Waals surface area contributed by atoms with Crippen molar-refractivity contribution in [3.05, 3.63) is 101 Å². The molecule has 0 bridgehead atoms. The number of halogens is 1. The van der Waals surface area contributed by atoms with Gasteiger partial charge >= 0.3 is 12.2 Å². The number of primary amides is 2. The van der Waals surface area contributed by atoms with Gasteiger partial charge in [-0.2, -0.15) is 0 Å². The molecule has 6 N–H and O–H groups in total. The standard InChI is InChI=1S/C48H62FN7O8/c1-45(2,3)37(52-43(61)63-7)39(57)54-26-10-24-47(54,41(50)59)31-18-14-29(15-19-31)35-22-23-36(56(35)34-13-9-12-33(49)28-34)30-16-20-32(21-17-30)48(42(51)60)25-11-27-55(48)40(58)38(46(4,5)6)53-44(62)64-8/h9,12-21,28,35-38H,10-11,22-27H2,1-8H3,(H2,50,59)(H2,51,60)(H,52,61)(H,53,62)/t35-,36-,37+,38+,47-,48-/m0/s1. The van der Waals surface area contributed by atoms with Crippen LogP contribution in [0.5, 0.6) is 0 Å². The summed E-state index contributed by atoms with van der Waals surface area (Å²) in [6, 6.07) is 18.9. The number of hydrogen-bond donors (Lipinski definition) is 4. The molecule has 3 aromatic carbocycles. The van der Waals surface area contributed by atoms with Gasteiger partial charge in [0.05, 0.1) is 26.3 Å². The molecule has 3 aromatic rings. The number of carbonyl (C=O) groups excluding carboxylic acids is 6. The van der Waals surface area contributed by atoms with Crippen molar-refractivity contribution in [2.24, 2.45) is 22.3 Å². The number of nitrogens with two attached hydrogens (primary N) is 2. The molecule has 0 unspecified atom stereocenters. The molecule has 3 aliphatic heterocycles. The Bertz CT molecular complexity index is 2120. The lowest BCUT2D eigenvalue weighted by atomic mass is 9.82. The highest BCUT2D eigenvalue weighted by Crippen LogP contribution is 2.49. The molecule has 3 heterocycles. The molecule has 3 saturated heterocycles. The van der Waals surface area contributed by atoms with Crippen molar-refractivity contribution in [1.29, 1.82) is 0 Å². The van der Waals surface area contributed by atoms with E-state index in [1.54, 1.807) is 6.07 Å². The van der Waals surface area contributed by atoms with Gasteiger partial charge in [0.1, 0.15) is 29.0 Å². The number of nitrogens with zero attached hydrogens (tertiary/aromatic N) is 3. The lowest BCUT2D eigenvalue weighted by Gasteiger charge is -2.41. The Morgan fingerprint density at radius 2 is 1.05 bits per heavy atom. The molecule has 64 heavy (non-hydrogen) atoms. The number of ether oxygens (including phenoxy) is 2. The van der Waals surface area contributed by atoms with Crippen LogP contribution in [0.3, 0.4) is 0 Å². The Morgan fingerprint density at radius 1 is 0.656 bits per heavy atom. The largest absolute Gasteiger partial charge is 0.453 e. The van der Waals surface area contributed by atoms with Gasteiger partial charge in [-0.1, -0.05) is 96.1 Å². The van der Waals surface area contributed by atoms with E-state index < -0.39 is 75.6 Å². The van der Waals surface area contributed by atoms with Crippen LogP contribution in [-0.4, -0.2) is 85.0 Å². The highest BCUT2D eigenvalue weighted by molar-refractivity contribution is 5.96. The SMILES string of the molecule is COC(=O)N[C@H](C(=O)N1CCC[C@@]1(C(N)=O)c1ccc([C@@H]2CC[C@@H](c3ccc([C@]4(C(N)=O)CCCN4C(=O)[C@@H](NC(=O)OC)C(C)(C)C)cc3)N2c2cccc(F)c2)cc1)C(C)(C)C. The Morgan fingerprint density at radius 3 is 1.38 bits per heavy atom. The molecule has 6 amide bonds. The van der Waals surface area contributed by atoms with Crippen molar-refractivity contribution >= 4 is 41.5 Å². The number of hydrogen-bond acceptors (Lipinski definition) is 9. The third-order valence-corrected chi connectivity index (χ3v) is 13.3. The van der Waals surface area contributed by atoms with E-state index in [1.807, 2.05) is 96.1 Å². The second kappa shape index (κ2) is 18.1. The van der Waals surface area contributed by atoms with Crippen LogP contribution in [0, 0.1) is 16.6 Å². The Balaban J connectivity index is 1.33. The van der Waals surface area contributed by atoms with Crippen LogP contribution in [-0.2, 0) is 39.7 Å². The second-order valence-corrected chi connectivity index (χ2v) is 19.2. The van der Waals surface area contributed by atoms with Gasteiger partial charge in [-0.3, -0.25) is 19.2 Å². The number of nitrogens with one attached hydrogen (secondary N) is 2. The van der Waals surface area contributed by atoms with E-state index in [-0.39, 0.29) is 25.2 Å². The minimum absolute atomic E-state index is 0.238. The highest BCUT2D eigenvalue weighted by Gasteiger charge is 2.54. The molecule has 344 valence electrons. The summed E-state index contributed by atoms with van der Waals surface area (Å²) in [7, 11) is 2.44. The van der Waals surface area contributed by atoms with Crippen LogP contribution < -0.4 is 27.0 Å². The number of rotatable bonds is 11. The molecule has 6 atom stereocenters. The normalized spacial score (nSPS) is 23.3. The maximum Gasteiger partial charge on any atom is 0.407 e. The van der Waals surface area contributed by atoms with Crippen LogP contribution in [0.25, 0.3) is 0 Å². The van der Waals surface area contributed by atoms with Crippen LogP contribution in [0.15, 0.2) is 72.8 Å². The molecule has 6 rings (SSSR count). The lowest BCUT2D eigenvalue weighted by molar-refractivity contribution is -0.147. The summed E-state index contributed by atoms with van der Waals surface area (Å²) < 4.78 is 24.6. The summed E-state index contributed by atoms with van der Waals surface area (Å²) in [4.78, 5) is 85.4. The van der Waals surface area contributed by atoms with E-state index in [1.165, 1.54) is 36.2 Å². The van der Waals surface area contributed by atoms with Gasteiger partial charge in [0, 0.05) is 18.8 Å². The first kappa shape index (κ1) is 47.3. The van der Waals surface area contributed by atoms with Gasteiger partial charge < -0.3 is 46.3 Å². The fraction of sp³-hybridized carbons (Fsp3) is 0.500. The summed E-state index contributed by atoms with van der Waals surface area (Å²) in [5, 5.41) is 5.31. The average molecular weight is 884 g/mol. The molecular formula is C48H62FN7O8. The van der Waals surface area contributed by atoms with E-state index in [4.69, 9.17) is 20.9 Å². The van der Waals surface area contributed by atoms with Crippen molar-refractivity contribution in [2.75, 3.05) is 32.2 Å². The molecule has 0 radical (unpaired) electrons. The van der Waals surface area contributed by atoms with Crippen molar-refractivity contribution in [3.63, 3.8) is 0 Å². The van der Waals surface area contributed by atoms with Crippen LogP contribution >= 0.6 is 0 Å². The van der Waals surface area contributed by atoms with E-state index in [0.717, 1.165) is 11.1 Å². The Hall–Kier alpha value is -6.19. The predicted molar refractivity (Wildman–Crippen MR) is 238 cm³/mol. The maximum absolute atomic E-state index is 15.0. The predicted octanol–water partition coefficient (Wildman–Crippen LogP) is 6.06. The molecule has 3 aliphatic rings. The molecule has 0 aliphatic carbocycles. The van der Waals surface area contributed by atoms with Crippen LogP contribution in [0.1, 0.15) is 114 Å². The fourth-order valence-electron chi connectivity index (χ4n) is 10.0. The van der Waals surface area contributed by atoms with Gasteiger partial charge in [-0.15, -0.1) is 0 Å². The van der Waals surface area contributed by atoms with E-state index >= 15 is 0 Å². The molecule has 16 heteroatoms. The first-order valence-electron chi connectivity index (χ1n) is 21.8. The first-order chi connectivity index (χ1) is 30.1. The topological polar surface area (TPSA) is 207 Å². The van der Waals surface area contributed by atoms with E-state index in [9.17, 15) is 33.2 Å². The fourth-order valence-corrected chi connectivity index (χ4v) is 10.0. The van der Waals surface area contributed by atoms with Gasteiger partial charge in [0.2, 0.25) is 23.6 Å². The third kappa shape index (κ3) is 8.70. The number of benzene rings is 3. The van der Waals surface area contributed by atoms with Crippen molar-refractivity contribution in [2.45, 2.75) is 115 Å². The molecule has 0 saturated carbocycles. The zero-order chi connectivity index (χ0) is 46.9. The zero-order valence-electron chi connectivity index (χ0n) is 38.0. The Labute approximate surface area is 374 Å². The quantitative estimate of drug-likeness (QED) is 0.177. The first-order valence-corrected chi connectivity index (χ1v) is 21.8. The monoisotopic (exact) mass is 883 g/mol. The third-order valence-electron chi connectivity index (χ3n) is 13.3. The number of amides is 6. The smallest absolute Gasteiger partial charge is 0.407 e. The molecule has 15 nitrogen and oxygen atoms in total. The van der Waals surface area contributed by atoms with Crippen LogP contribution in [0.4, 0.5) is 19.7 Å². The summed E-state index contributed by atoms with van der Waals surface area (Å²) in [6.45, 7) is 11.4. The van der Waals surface area contributed by atoms with Crippen LogP contribution in [0.2, 0.25) is 0 Å². The van der Waals surface area contributed by atoms with Crippen molar-refractivity contribution in [3.8, 4) is 0 Å². The van der Waals surface area contributed by atoms with Gasteiger partial charge in [0.15, 0.2) is 0 Å². The second-order valence-electron chi connectivity index (χ2n) is 19.2. The molecule has 3 fully saturated rings. The zero-order valence-corrected chi connectivity index (χ0v) is 38.0. The highest BCUT2D eigenvalue weighted by atomic mass is 19.1.